The number of rotatable bonds is 6. The van der Waals surface area contributed by atoms with Gasteiger partial charge in [-0.1, -0.05) is 0 Å². The van der Waals surface area contributed by atoms with Gasteiger partial charge in [0.1, 0.15) is 17.3 Å². The van der Waals surface area contributed by atoms with Crippen molar-refractivity contribution in [2.24, 2.45) is 5.73 Å². The topological polar surface area (TPSA) is 115 Å². The Morgan fingerprint density at radius 3 is 3.00 bits per heavy atom. The Balaban J connectivity index is 2.25. The Hall–Kier alpha value is -2.04. The Kier molecular flexibility index (Phi) is 6.23. The monoisotopic (exact) mass is 358 g/mol. The molecule has 3 N–H and O–H groups in total. The van der Waals surface area contributed by atoms with E-state index in [4.69, 9.17) is 10.5 Å². The van der Waals surface area contributed by atoms with Crippen molar-refractivity contribution < 1.29 is 22.3 Å². The minimum absolute atomic E-state index is 0.0381. The first-order valence-corrected chi connectivity index (χ1v) is 8.75. The third-order valence-corrected chi connectivity index (χ3v) is 5.37. The van der Waals surface area contributed by atoms with Crippen LogP contribution in [0, 0.1) is 0 Å². The van der Waals surface area contributed by atoms with Crippen LogP contribution in [0.1, 0.15) is 6.42 Å². The van der Waals surface area contributed by atoms with Gasteiger partial charge in [0.05, 0.1) is 12.5 Å². The molecule has 132 valence electrons. The van der Waals surface area contributed by atoms with Crippen LogP contribution in [0.15, 0.2) is 35.3 Å². The van der Waals surface area contributed by atoms with E-state index in [1.165, 1.54) is 22.8 Å². The van der Waals surface area contributed by atoms with Crippen molar-refractivity contribution in [2.45, 2.75) is 11.3 Å². The molecule has 24 heavy (non-hydrogen) atoms. The molecule has 0 saturated carbocycles. The van der Waals surface area contributed by atoms with Gasteiger partial charge in [-0.15, -0.1) is 0 Å². The van der Waals surface area contributed by atoms with Crippen molar-refractivity contribution in [2.75, 3.05) is 32.8 Å². The molecule has 0 bridgehead atoms. The van der Waals surface area contributed by atoms with E-state index < -0.39 is 10.0 Å². The number of carbonyl (C=O) groups is 1. The van der Waals surface area contributed by atoms with Gasteiger partial charge >= 0.3 is 0 Å². The largest absolute Gasteiger partial charge is 0.488 e. The molecule has 0 spiro atoms. The normalized spacial score (nSPS) is 17.2. The second-order valence-corrected chi connectivity index (χ2v) is 6.99. The first kappa shape index (κ1) is 18.3. The van der Waals surface area contributed by atoms with Crippen LogP contribution >= 0.6 is 0 Å². The summed E-state index contributed by atoms with van der Waals surface area (Å²) in [6, 6.07) is 1.39. The lowest BCUT2D eigenvalue weighted by molar-refractivity contribution is -0.120. The van der Waals surface area contributed by atoms with Gasteiger partial charge in [0, 0.05) is 44.4 Å². The summed E-state index contributed by atoms with van der Waals surface area (Å²) in [6.45, 7) is 0.251. The Morgan fingerprint density at radius 1 is 1.50 bits per heavy atom. The molecule has 0 aliphatic carbocycles. The third kappa shape index (κ3) is 4.28. The Bertz CT molecular complexity index is 723. The van der Waals surface area contributed by atoms with Crippen LogP contribution in [-0.4, -0.2) is 56.4 Å². The fourth-order valence-corrected chi connectivity index (χ4v) is 3.63. The van der Waals surface area contributed by atoms with Gasteiger partial charge in [0.25, 0.3) is 0 Å². The molecular formula is C14H19FN4O4S. The molecule has 0 radical (unpaired) electrons. The maximum absolute atomic E-state index is 12.8. The van der Waals surface area contributed by atoms with E-state index in [-0.39, 0.29) is 61.3 Å². The Labute approximate surface area is 139 Å². The second kappa shape index (κ2) is 8.18. The molecule has 1 aromatic rings. The van der Waals surface area contributed by atoms with Gasteiger partial charge < -0.3 is 15.8 Å². The summed E-state index contributed by atoms with van der Waals surface area (Å²) in [4.78, 5) is 15.1. The number of nitrogens with two attached hydrogens (primary N) is 1. The molecule has 1 saturated heterocycles. The number of hydrogen-bond donors (Lipinski definition) is 2. The number of sulfonamides is 1. The van der Waals surface area contributed by atoms with E-state index in [1.54, 1.807) is 0 Å². The summed E-state index contributed by atoms with van der Waals surface area (Å²) in [6.07, 6.45) is 2.97. The van der Waals surface area contributed by atoms with E-state index in [1.807, 2.05) is 0 Å². The van der Waals surface area contributed by atoms with Crippen molar-refractivity contribution in [3.8, 4) is 5.75 Å². The summed E-state index contributed by atoms with van der Waals surface area (Å²) < 4.78 is 44.8. The van der Waals surface area contributed by atoms with Crippen LogP contribution in [0.25, 0.3) is 0 Å². The maximum Gasteiger partial charge on any atom is 0.248 e. The average Bonchev–Trinajstić information content (AvgIpc) is 2.81. The quantitative estimate of drug-likeness (QED) is 0.727. The highest BCUT2D eigenvalue weighted by Crippen LogP contribution is 2.26. The van der Waals surface area contributed by atoms with Gasteiger partial charge in [-0.25, -0.2) is 12.8 Å². The molecule has 0 unspecified atom stereocenters. The zero-order valence-electron chi connectivity index (χ0n) is 12.9. The highest BCUT2D eigenvalue weighted by atomic mass is 32.2. The molecule has 1 amide bonds. The number of carbonyl (C=O) groups excluding carboxylic acids is 1. The lowest BCUT2D eigenvalue weighted by Crippen LogP contribution is -2.34. The zero-order valence-corrected chi connectivity index (χ0v) is 13.8. The third-order valence-electron chi connectivity index (χ3n) is 3.47. The van der Waals surface area contributed by atoms with Crippen LogP contribution < -0.4 is 15.8 Å². The van der Waals surface area contributed by atoms with E-state index in [0.29, 0.717) is 6.33 Å². The van der Waals surface area contributed by atoms with Crippen LogP contribution in [0.4, 0.5) is 4.39 Å². The molecule has 1 aliphatic heterocycles. The number of ether oxygens (including phenoxy) is 1. The number of nitrogens with one attached hydrogen (secondary N) is 1. The summed E-state index contributed by atoms with van der Waals surface area (Å²) >= 11 is 0. The van der Waals surface area contributed by atoms with E-state index in [2.05, 4.69) is 10.3 Å². The fraction of sp³-hybridized carbons (Fsp3) is 0.429. The molecule has 2 heterocycles. The smallest absolute Gasteiger partial charge is 0.248 e. The number of nitrogens with zero attached hydrogens (tertiary/aromatic N) is 2. The predicted molar refractivity (Wildman–Crippen MR) is 84.4 cm³/mol. The van der Waals surface area contributed by atoms with Crippen LogP contribution in [-0.2, 0) is 14.8 Å². The van der Waals surface area contributed by atoms with Gasteiger partial charge in [0.2, 0.25) is 15.9 Å². The number of hydrogen-bond acceptors (Lipinski definition) is 6. The molecule has 8 nitrogen and oxygen atoms in total. The van der Waals surface area contributed by atoms with Crippen molar-refractivity contribution in [3.05, 3.63) is 30.4 Å². The number of pyridine rings is 1. The highest BCUT2D eigenvalue weighted by Gasteiger charge is 2.29. The number of amides is 1. The molecule has 0 atom stereocenters. The Morgan fingerprint density at radius 2 is 2.29 bits per heavy atom. The van der Waals surface area contributed by atoms with Crippen LogP contribution in [0.2, 0.25) is 0 Å². The number of halogens is 1. The van der Waals surface area contributed by atoms with Gasteiger partial charge in [0.15, 0.2) is 0 Å². The van der Waals surface area contributed by atoms with Gasteiger partial charge in [-0.3, -0.25) is 9.78 Å². The van der Waals surface area contributed by atoms with Gasteiger partial charge in [-0.05, 0) is 6.07 Å². The molecule has 1 aliphatic rings. The van der Waals surface area contributed by atoms with Crippen molar-refractivity contribution >= 4 is 15.9 Å². The molecule has 1 aromatic heterocycles. The lowest BCUT2D eigenvalue weighted by atomic mass is 10.3. The van der Waals surface area contributed by atoms with E-state index in [9.17, 15) is 17.6 Å². The molecule has 1 fully saturated rings. The van der Waals surface area contributed by atoms with E-state index in [0.717, 1.165) is 0 Å². The summed E-state index contributed by atoms with van der Waals surface area (Å²) in [5, 5.41) is 2.61. The minimum atomic E-state index is -3.89. The minimum Gasteiger partial charge on any atom is -0.488 e. The molecule has 10 heteroatoms. The van der Waals surface area contributed by atoms with E-state index >= 15 is 0 Å². The first-order valence-electron chi connectivity index (χ1n) is 7.31. The maximum atomic E-state index is 12.8. The number of aromatic nitrogens is 1. The van der Waals surface area contributed by atoms with Gasteiger partial charge in [-0.2, -0.15) is 4.31 Å². The fourth-order valence-electron chi connectivity index (χ4n) is 2.11. The van der Waals surface area contributed by atoms with Crippen LogP contribution in [0.3, 0.4) is 0 Å². The first-order chi connectivity index (χ1) is 11.5. The zero-order chi connectivity index (χ0) is 17.6. The van der Waals surface area contributed by atoms with Crippen molar-refractivity contribution in [1.82, 2.24) is 14.6 Å². The highest BCUT2D eigenvalue weighted by molar-refractivity contribution is 7.89. The summed E-state index contributed by atoms with van der Waals surface area (Å²) in [7, 11) is -3.89. The molecule has 0 aromatic carbocycles. The van der Waals surface area contributed by atoms with Crippen molar-refractivity contribution in [1.29, 1.82) is 0 Å². The average molecular weight is 358 g/mol. The predicted octanol–water partition coefficient (Wildman–Crippen LogP) is -0.217. The van der Waals surface area contributed by atoms with Crippen molar-refractivity contribution in [3.63, 3.8) is 0 Å². The molecular weight excluding hydrogens is 339 g/mol. The van der Waals surface area contributed by atoms with Crippen LogP contribution in [0.5, 0.6) is 5.75 Å². The standard InChI is InChI=1S/C14H19FN4O4S/c15-7-11(8-16)10-23-12-1-3-17-9-13(12)24(21,22)19-5-2-14(20)18-4-6-19/h1,3,7,9H,2,4-6,8,10,16H2,(H,18,20)/b11-7+. The SMILES string of the molecule is NC/C(=C\F)COc1ccncc1S(=O)(=O)N1CCNC(=O)CC1. The summed E-state index contributed by atoms with van der Waals surface area (Å²) in [5.74, 6) is -0.141. The lowest BCUT2D eigenvalue weighted by Gasteiger charge is -2.20. The second-order valence-electron chi connectivity index (χ2n) is 5.09. The molecule has 2 rings (SSSR count). The summed E-state index contributed by atoms with van der Waals surface area (Å²) in [5.41, 5.74) is 5.55.